The van der Waals surface area contributed by atoms with Crippen molar-refractivity contribution in [3.8, 4) is 17.6 Å². The van der Waals surface area contributed by atoms with Crippen LogP contribution in [-0.4, -0.2) is 19.6 Å². The van der Waals surface area contributed by atoms with Gasteiger partial charge in [-0.1, -0.05) is 11.8 Å². The summed E-state index contributed by atoms with van der Waals surface area (Å²) in [5, 5.41) is 2.50. The molecule has 0 bridgehead atoms. The molecule has 1 aromatic carbocycles. The molecule has 84 valence electrons. The third-order valence-electron chi connectivity index (χ3n) is 1.82. The monoisotopic (exact) mass is 221 g/mol. The number of nitrogens with one attached hydrogen (secondary N) is 1. The molecule has 1 N–H and O–H groups in total. The largest absolute Gasteiger partial charge is 0.497 e. The minimum absolute atomic E-state index is 0.166. The fourth-order valence-electron chi connectivity index (χ4n) is 1.04. The third-order valence-corrected chi connectivity index (χ3v) is 1.82. The Balaban J connectivity index is 2.75. The summed E-state index contributed by atoms with van der Waals surface area (Å²) in [6.45, 7) is 1.60. The van der Waals surface area contributed by atoms with Gasteiger partial charge >= 0.3 is 0 Å². The Hall–Kier alpha value is -2.02. The van der Waals surface area contributed by atoms with Crippen LogP contribution < -0.4 is 10.1 Å². The van der Waals surface area contributed by atoms with E-state index in [4.69, 9.17) is 4.74 Å². The fraction of sp³-hybridized carbons (Fsp3) is 0.250. The standard InChI is InChI=1S/C12H12FNO2/c1-9(15)14-7-3-4-10-8-11(16-2)5-6-12(10)13/h5-6,8H,7H2,1-2H3,(H,14,15). The van der Waals surface area contributed by atoms with E-state index < -0.39 is 5.82 Å². The topological polar surface area (TPSA) is 38.3 Å². The van der Waals surface area contributed by atoms with E-state index in [9.17, 15) is 9.18 Å². The molecule has 0 unspecified atom stereocenters. The van der Waals surface area contributed by atoms with Gasteiger partial charge in [0.2, 0.25) is 5.91 Å². The van der Waals surface area contributed by atoms with Crippen molar-refractivity contribution >= 4 is 5.91 Å². The molecule has 16 heavy (non-hydrogen) atoms. The normalized spacial score (nSPS) is 8.94. The van der Waals surface area contributed by atoms with E-state index in [0.29, 0.717) is 5.75 Å². The predicted molar refractivity (Wildman–Crippen MR) is 58.5 cm³/mol. The molecular weight excluding hydrogens is 209 g/mol. The highest BCUT2D eigenvalue weighted by Crippen LogP contribution is 2.15. The van der Waals surface area contributed by atoms with Gasteiger partial charge in [-0.15, -0.1) is 0 Å². The minimum atomic E-state index is -0.406. The average molecular weight is 221 g/mol. The average Bonchev–Trinajstić information content (AvgIpc) is 2.26. The number of carbonyl (C=O) groups is 1. The second-order valence-corrected chi connectivity index (χ2v) is 3.06. The molecule has 0 radical (unpaired) electrons. The maximum absolute atomic E-state index is 13.2. The molecule has 0 aliphatic rings. The molecule has 1 aromatic rings. The van der Waals surface area contributed by atoms with E-state index >= 15 is 0 Å². The van der Waals surface area contributed by atoms with Crippen molar-refractivity contribution < 1.29 is 13.9 Å². The highest BCUT2D eigenvalue weighted by atomic mass is 19.1. The van der Waals surface area contributed by atoms with Gasteiger partial charge < -0.3 is 10.1 Å². The van der Waals surface area contributed by atoms with Crippen molar-refractivity contribution in [2.75, 3.05) is 13.7 Å². The second kappa shape index (κ2) is 5.76. The van der Waals surface area contributed by atoms with Crippen LogP contribution in [0, 0.1) is 17.7 Å². The summed E-state index contributed by atoms with van der Waals surface area (Å²) >= 11 is 0. The summed E-state index contributed by atoms with van der Waals surface area (Å²) in [6.07, 6.45) is 0. The maximum Gasteiger partial charge on any atom is 0.217 e. The molecule has 0 spiro atoms. The summed E-state index contributed by atoms with van der Waals surface area (Å²) in [5.41, 5.74) is 0.254. The lowest BCUT2D eigenvalue weighted by atomic mass is 10.2. The Morgan fingerprint density at radius 1 is 1.56 bits per heavy atom. The Morgan fingerprint density at radius 2 is 2.31 bits per heavy atom. The Kier molecular flexibility index (Phi) is 4.34. The van der Waals surface area contributed by atoms with Gasteiger partial charge in [-0.25, -0.2) is 4.39 Å². The lowest BCUT2D eigenvalue weighted by molar-refractivity contribution is -0.118. The molecule has 0 aromatic heterocycles. The van der Waals surface area contributed by atoms with Crippen LogP contribution in [0.15, 0.2) is 18.2 Å². The highest BCUT2D eigenvalue weighted by molar-refractivity contribution is 5.73. The smallest absolute Gasteiger partial charge is 0.217 e. The number of hydrogen-bond donors (Lipinski definition) is 1. The van der Waals surface area contributed by atoms with E-state index in [2.05, 4.69) is 17.2 Å². The van der Waals surface area contributed by atoms with Gasteiger partial charge in [0.05, 0.1) is 19.2 Å². The molecule has 4 heteroatoms. The second-order valence-electron chi connectivity index (χ2n) is 3.06. The number of amides is 1. The molecule has 1 amide bonds. The zero-order valence-corrected chi connectivity index (χ0v) is 9.13. The number of ether oxygens (including phenoxy) is 1. The van der Waals surface area contributed by atoms with E-state index in [1.807, 2.05) is 0 Å². The van der Waals surface area contributed by atoms with Crippen LogP contribution in [0.5, 0.6) is 5.75 Å². The summed E-state index contributed by atoms with van der Waals surface area (Å²) in [7, 11) is 1.50. The van der Waals surface area contributed by atoms with Crippen molar-refractivity contribution in [2.24, 2.45) is 0 Å². The number of hydrogen-bond acceptors (Lipinski definition) is 2. The Bertz CT molecular complexity index is 446. The lowest BCUT2D eigenvalue weighted by Gasteiger charge is -2.00. The molecule has 0 heterocycles. The highest BCUT2D eigenvalue weighted by Gasteiger charge is 2.00. The summed E-state index contributed by atoms with van der Waals surface area (Å²) in [6, 6.07) is 4.33. The third kappa shape index (κ3) is 3.62. The first kappa shape index (κ1) is 12.1. The Labute approximate surface area is 93.6 Å². The predicted octanol–water partition coefficient (Wildman–Crippen LogP) is 1.32. The van der Waals surface area contributed by atoms with E-state index in [1.165, 1.54) is 32.2 Å². The number of halogens is 1. The molecule has 1 rings (SSSR count). The van der Waals surface area contributed by atoms with Gasteiger partial charge in [0.1, 0.15) is 11.6 Å². The van der Waals surface area contributed by atoms with Gasteiger partial charge in [-0.3, -0.25) is 4.79 Å². The minimum Gasteiger partial charge on any atom is -0.497 e. The van der Waals surface area contributed by atoms with Gasteiger partial charge in [-0.2, -0.15) is 0 Å². The van der Waals surface area contributed by atoms with Crippen molar-refractivity contribution in [2.45, 2.75) is 6.92 Å². The first-order valence-electron chi connectivity index (χ1n) is 4.70. The zero-order valence-electron chi connectivity index (χ0n) is 9.13. The number of rotatable bonds is 2. The van der Waals surface area contributed by atoms with Crippen LogP contribution >= 0.6 is 0 Å². The van der Waals surface area contributed by atoms with Gasteiger partial charge in [-0.05, 0) is 18.2 Å². The molecule has 0 aliphatic carbocycles. The Morgan fingerprint density at radius 3 is 2.94 bits per heavy atom. The van der Waals surface area contributed by atoms with Crippen LogP contribution in [0.2, 0.25) is 0 Å². The molecular formula is C12H12FNO2. The van der Waals surface area contributed by atoms with Crippen molar-refractivity contribution in [1.29, 1.82) is 0 Å². The maximum atomic E-state index is 13.2. The molecule has 0 fully saturated rings. The SMILES string of the molecule is COc1ccc(F)c(C#CCNC(C)=O)c1. The zero-order chi connectivity index (χ0) is 12.0. The molecule has 3 nitrogen and oxygen atoms in total. The molecule has 0 saturated carbocycles. The van der Waals surface area contributed by atoms with Gasteiger partial charge in [0, 0.05) is 6.92 Å². The summed E-state index contributed by atoms with van der Waals surface area (Å²) in [5.74, 6) is 5.24. The van der Waals surface area contributed by atoms with Gasteiger partial charge in [0.15, 0.2) is 0 Å². The number of benzene rings is 1. The van der Waals surface area contributed by atoms with E-state index in [1.54, 1.807) is 0 Å². The van der Waals surface area contributed by atoms with Crippen LogP contribution in [0.1, 0.15) is 12.5 Å². The molecule has 0 atom stereocenters. The van der Waals surface area contributed by atoms with Crippen LogP contribution in [0.25, 0.3) is 0 Å². The lowest BCUT2D eigenvalue weighted by Crippen LogP contribution is -2.19. The van der Waals surface area contributed by atoms with E-state index in [0.717, 1.165) is 0 Å². The first-order valence-corrected chi connectivity index (χ1v) is 4.70. The van der Waals surface area contributed by atoms with Crippen LogP contribution in [-0.2, 0) is 4.79 Å². The molecule has 0 saturated heterocycles. The molecule has 0 aliphatic heterocycles. The van der Waals surface area contributed by atoms with Crippen molar-refractivity contribution in [1.82, 2.24) is 5.32 Å². The van der Waals surface area contributed by atoms with Gasteiger partial charge in [0.25, 0.3) is 0 Å². The summed E-state index contributed by atoms with van der Waals surface area (Å²) in [4.78, 5) is 10.5. The summed E-state index contributed by atoms with van der Waals surface area (Å²) < 4.78 is 18.2. The van der Waals surface area contributed by atoms with Crippen LogP contribution in [0.4, 0.5) is 4.39 Å². The van der Waals surface area contributed by atoms with Crippen molar-refractivity contribution in [3.63, 3.8) is 0 Å². The number of carbonyl (C=O) groups excluding carboxylic acids is 1. The first-order chi connectivity index (χ1) is 7.63. The van der Waals surface area contributed by atoms with Crippen molar-refractivity contribution in [3.05, 3.63) is 29.6 Å². The quantitative estimate of drug-likeness (QED) is 0.765. The van der Waals surface area contributed by atoms with Crippen LogP contribution in [0.3, 0.4) is 0 Å². The fourth-order valence-corrected chi connectivity index (χ4v) is 1.04. The van der Waals surface area contributed by atoms with E-state index in [-0.39, 0.29) is 18.0 Å². The number of methoxy groups -OCH3 is 1.